The van der Waals surface area contributed by atoms with Crippen LogP contribution < -0.4 is 5.32 Å². The van der Waals surface area contributed by atoms with Gasteiger partial charge in [-0.15, -0.1) is 22.0 Å². The van der Waals surface area contributed by atoms with Crippen molar-refractivity contribution >= 4 is 28.2 Å². The summed E-state index contributed by atoms with van der Waals surface area (Å²) < 4.78 is 0. The molecule has 0 saturated heterocycles. The van der Waals surface area contributed by atoms with E-state index in [4.69, 9.17) is 0 Å². The van der Waals surface area contributed by atoms with Crippen LogP contribution in [-0.4, -0.2) is 23.0 Å². The van der Waals surface area contributed by atoms with Crippen LogP contribution in [0.1, 0.15) is 20.8 Å². The fourth-order valence-electron chi connectivity index (χ4n) is 1.49. The molecule has 0 bridgehead atoms. The number of rotatable bonds is 4. The van der Waals surface area contributed by atoms with Crippen LogP contribution in [0.5, 0.6) is 0 Å². The molecule has 102 valence electrons. The van der Waals surface area contributed by atoms with Gasteiger partial charge in [0.15, 0.2) is 0 Å². The molecule has 2 rings (SSSR count). The molecule has 0 radical (unpaired) electrons. The second-order valence-corrected chi connectivity index (χ2v) is 7.41. The van der Waals surface area contributed by atoms with Crippen molar-refractivity contribution in [2.45, 2.75) is 25.7 Å². The molecule has 0 saturated carbocycles. The van der Waals surface area contributed by atoms with Gasteiger partial charge in [-0.3, -0.25) is 0 Å². The van der Waals surface area contributed by atoms with Crippen molar-refractivity contribution in [2.24, 2.45) is 5.41 Å². The van der Waals surface area contributed by atoms with Gasteiger partial charge in [0.1, 0.15) is 5.01 Å². The fraction of sp³-hybridized carbons (Fsp3) is 0.429. The van der Waals surface area contributed by atoms with E-state index in [1.165, 1.54) is 4.90 Å². The molecule has 3 nitrogen and oxygen atoms in total. The van der Waals surface area contributed by atoms with Crippen molar-refractivity contribution in [3.05, 3.63) is 24.3 Å². The Balaban J connectivity index is 2.07. The van der Waals surface area contributed by atoms with Crippen molar-refractivity contribution in [1.82, 2.24) is 10.2 Å². The van der Waals surface area contributed by atoms with Crippen LogP contribution in [0.4, 0.5) is 5.13 Å². The molecular formula is C14H19N3S2. The van der Waals surface area contributed by atoms with Gasteiger partial charge in [-0.1, -0.05) is 44.2 Å². The van der Waals surface area contributed by atoms with Crippen molar-refractivity contribution in [1.29, 1.82) is 0 Å². The minimum Gasteiger partial charge on any atom is -0.360 e. The van der Waals surface area contributed by atoms with Crippen LogP contribution in [0.15, 0.2) is 29.2 Å². The van der Waals surface area contributed by atoms with Gasteiger partial charge in [-0.05, 0) is 23.8 Å². The van der Waals surface area contributed by atoms with E-state index in [9.17, 15) is 0 Å². The maximum Gasteiger partial charge on any atom is 0.206 e. The van der Waals surface area contributed by atoms with Crippen LogP contribution in [0.25, 0.3) is 10.6 Å². The SMILES string of the molecule is CSc1ccc(-c2nnc(NCC(C)(C)C)s2)cc1. The summed E-state index contributed by atoms with van der Waals surface area (Å²) in [5.74, 6) is 0. The van der Waals surface area contributed by atoms with E-state index >= 15 is 0 Å². The van der Waals surface area contributed by atoms with E-state index in [-0.39, 0.29) is 5.41 Å². The molecule has 5 heteroatoms. The standard InChI is InChI=1S/C14H19N3S2/c1-14(2,3)9-15-13-17-16-12(19-13)10-5-7-11(18-4)8-6-10/h5-8H,9H2,1-4H3,(H,15,17). The number of benzene rings is 1. The number of aromatic nitrogens is 2. The van der Waals surface area contributed by atoms with Crippen molar-refractivity contribution in [3.63, 3.8) is 0 Å². The molecule has 0 amide bonds. The molecule has 1 N–H and O–H groups in total. The van der Waals surface area contributed by atoms with Crippen LogP contribution in [0.3, 0.4) is 0 Å². The van der Waals surface area contributed by atoms with Crippen LogP contribution in [0.2, 0.25) is 0 Å². The van der Waals surface area contributed by atoms with Gasteiger partial charge in [0.2, 0.25) is 5.13 Å². The highest BCUT2D eigenvalue weighted by atomic mass is 32.2. The van der Waals surface area contributed by atoms with Gasteiger partial charge in [-0.2, -0.15) is 0 Å². The zero-order valence-corrected chi connectivity index (χ0v) is 13.4. The predicted molar refractivity (Wildman–Crippen MR) is 85.1 cm³/mol. The number of hydrogen-bond donors (Lipinski definition) is 1. The first kappa shape index (κ1) is 14.3. The third-order valence-electron chi connectivity index (χ3n) is 2.53. The smallest absolute Gasteiger partial charge is 0.206 e. The van der Waals surface area contributed by atoms with Crippen molar-refractivity contribution in [3.8, 4) is 10.6 Å². The lowest BCUT2D eigenvalue weighted by atomic mass is 9.97. The Morgan fingerprint density at radius 3 is 2.42 bits per heavy atom. The first-order valence-corrected chi connectivity index (χ1v) is 8.24. The lowest BCUT2D eigenvalue weighted by Gasteiger charge is -2.17. The average Bonchev–Trinajstić information content (AvgIpc) is 2.84. The Bertz CT molecular complexity index is 526. The molecule has 0 aliphatic heterocycles. The molecule has 2 aromatic rings. The second-order valence-electron chi connectivity index (χ2n) is 5.56. The van der Waals surface area contributed by atoms with E-state index in [0.29, 0.717) is 0 Å². The lowest BCUT2D eigenvalue weighted by Crippen LogP contribution is -2.18. The third-order valence-corrected chi connectivity index (χ3v) is 4.21. The summed E-state index contributed by atoms with van der Waals surface area (Å²) in [6, 6.07) is 8.42. The second kappa shape index (κ2) is 5.92. The Morgan fingerprint density at radius 2 is 1.84 bits per heavy atom. The van der Waals surface area contributed by atoms with Crippen LogP contribution >= 0.6 is 23.1 Å². The van der Waals surface area contributed by atoms with Gasteiger partial charge < -0.3 is 5.32 Å². The van der Waals surface area contributed by atoms with E-state index in [1.807, 2.05) is 0 Å². The number of nitrogens with zero attached hydrogens (tertiary/aromatic N) is 2. The average molecular weight is 293 g/mol. The highest BCUT2D eigenvalue weighted by Gasteiger charge is 2.12. The summed E-state index contributed by atoms with van der Waals surface area (Å²) in [6.45, 7) is 7.49. The van der Waals surface area contributed by atoms with Gasteiger partial charge in [0.05, 0.1) is 0 Å². The quantitative estimate of drug-likeness (QED) is 0.849. The Morgan fingerprint density at radius 1 is 1.16 bits per heavy atom. The molecule has 0 unspecified atom stereocenters. The largest absolute Gasteiger partial charge is 0.360 e. The zero-order valence-electron chi connectivity index (χ0n) is 11.7. The molecule has 0 spiro atoms. The molecule has 19 heavy (non-hydrogen) atoms. The fourth-order valence-corrected chi connectivity index (χ4v) is 2.64. The molecule has 1 heterocycles. The number of thioether (sulfide) groups is 1. The molecular weight excluding hydrogens is 274 g/mol. The normalized spacial score (nSPS) is 11.6. The van der Waals surface area contributed by atoms with E-state index < -0.39 is 0 Å². The highest BCUT2D eigenvalue weighted by Crippen LogP contribution is 2.28. The van der Waals surface area contributed by atoms with Gasteiger partial charge in [0.25, 0.3) is 0 Å². The highest BCUT2D eigenvalue weighted by molar-refractivity contribution is 7.98. The topological polar surface area (TPSA) is 37.8 Å². The minimum absolute atomic E-state index is 0.242. The number of anilines is 1. The summed E-state index contributed by atoms with van der Waals surface area (Å²) in [6.07, 6.45) is 2.08. The number of hydrogen-bond acceptors (Lipinski definition) is 5. The molecule has 0 aliphatic carbocycles. The third kappa shape index (κ3) is 4.21. The molecule has 0 aliphatic rings. The summed E-state index contributed by atoms with van der Waals surface area (Å²) >= 11 is 3.34. The summed E-state index contributed by atoms with van der Waals surface area (Å²) in [7, 11) is 0. The Kier molecular flexibility index (Phi) is 4.47. The van der Waals surface area contributed by atoms with Crippen molar-refractivity contribution in [2.75, 3.05) is 18.1 Å². The van der Waals surface area contributed by atoms with E-state index in [0.717, 1.165) is 22.2 Å². The predicted octanol–water partition coefficient (Wildman–Crippen LogP) is 4.39. The summed E-state index contributed by atoms with van der Waals surface area (Å²) in [5.41, 5.74) is 1.37. The van der Waals surface area contributed by atoms with E-state index in [2.05, 4.69) is 66.8 Å². The Labute approximate surface area is 122 Å². The van der Waals surface area contributed by atoms with Crippen LogP contribution in [0, 0.1) is 5.41 Å². The lowest BCUT2D eigenvalue weighted by molar-refractivity contribution is 0.443. The minimum atomic E-state index is 0.242. The molecule has 0 atom stereocenters. The Hall–Kier alpha value is -1.07. The van der Waals surface area contributed by atoms with Gasteiger partial charge in [0, 0.05) is 17.0 Å². The van der Waals surface area contributed by atoms with Gasteiger partial charge >= 0.3 is 0 Å². The summed E-state index contributed by atoms with van der Waals surface area (Å²) in [4.78, 5) is 1.26. The first-order chi connectivity index (χ1) is 8.98. The zero-order chi connectivity index (χ0) is 13.9. The molecule has 0 fully saturated rings. The first-order valence-electron chi connectivity index (χ1n) is 6.20. The van der Waals surface area contributed by atoms with Crippen LogP contribution in [-0.2, 0) is 0 Å². The monoisotopic (exact) mass is 293 g/mol. The molecule has 1 aromatic carbocycles. The van der Waals surface area contributed by atoms with Crippen molar-refractivity contribution < 1.29 is 0 Å². The maximum absolute atomic E-state index is 4.24. The maximum atomic E-state index is 4.24. The molecule has 1 aromatic heterocycles. The summed E-state index contributed by atoms with van der Waals surface area (Å²) in [5, 5.41) is 13.6. The number of nitrogens with one attached hydrogen (secondary N) is 1. The van der Waals surface area contributed by atoms with Gasteiger partial charge in [-0.25, -0.2) is 0 Å². The van der Waals surface area contributed by atoms with E-state index in [1.54, 1.807) is 23.1 Å².